The Labute approximate surface area is 154 Å². The molecule has 0 unspecified atom stereocenters. The quantitative estimate of drug-likeness (QED) is 0.762. The zero-order chi connectivity index (χ0) is 17.5. The van der Waals surface area contributed by atoms with Gasteiger partial charge in [0.1, 0.15) is 0 Å². The Morgan fingerprint density at radius 3 is 2.46 bits per heavy atom. The summed E-state index contributed by atoms with van der Waals surface area (Å²) in [5.74, 6) is 0.397. The van der Waals surface area contributed by atoms with Crippen LogP contribution in [0.2, 0.25) is 0 Å². The second-order valence-corrected chi connectivity index (χ2v) is 7.05. The lowest BCUT2D eigenvalue weighted by Crippen LogP contribution is -2.32. The second-order valence-electron chi connectivity index (χ2n) is 5.32. The minimum absolute atomic E-state index is 0.0689. The van der Waals surface area contributed by atoms with Crippen LogP contribution in [-0.4, -0.2) is 24.6 Å². The summed E-state index contributed by atoms with van der Waals surface area (Å²) >= 11 is 5.14. The highest BCUT2D eigenvalue weighted by molar-refractivity contribution is 9.10. The van der Waals surface area contributed by atoms with Crippen molar-refractivity contribution in [3.63, 3.8) is 0 Å². The van der Waals surface area contributed by atoms with E-state index in [1.54, 1.807) is 30.0 Å². The van der Waals surface area contributed by atoms with Gasteiger partial charge in [0.25, 0.3) is 5.91 Å². The first-order chi connectivity index (χ1) is 11.5. The van der Waals surface area contributed by atoms with E-state index in [-0.39, 0.29) is 18.4 Å². The number of benzene rings is 2. The van der Waals surface area contributed by atoms with Crippen LogP contribution in [0.1, 0.15) is 21.5 Å². The highest BCUT2D eigenvalue weighted by Crippen LogP contribution is 2.19. The SMILES string of the molecule is CSCc1ccc(C(=O)NCC(=O)Nc2ccc(Br)c(C)c2)cc1. The largest absolute Gasteiger partial charge is 0.343 e. The van der Waals surface area contributed by atoms with E-state index in [2.05, 4.69) is 26.6 Å². The molecule has 0 bridgehead atoms. The van der Waals surface area contributed by atoms with Crippen LogP contribution in [0.15, 0.2) is 46.9 Å². The number of anilines is 1. The number of hydrogen-bond acceptors (Lipinski definition) is 3. The van der Waals surface area contributed by atoms with Crippen molar-refractivity contribution in [2.75, 3.05) is 18.1 Å². The van der Waals surface area contributed by atoms with Crippen LogP contribution in [-0.2, 0) is 10.5 Å². The van der Waals surface area contributed by atoms with Gasteiger partial charge in [-0.3, -0.25) is 9.59 Å². The Morgan fingerprint density at radius 2 is 1.83 bits per heavy atom. The predicted molar refractivity (Wildman–Crippen MR) is 104 cm³/mol. The van der Waals surface area contributed by atoms with Gasteiger partial charge < -0.3 is 10.6 Å². The molecule has 126 valence electrons. The molecule has 2 N–H and O–H groups in total. The number of carbonyl (C=O) groups excluding carboxylic acids is 2. The van der Waals surface area contributed by atoms with Gasteiger partial charge in [0, 0.05) is 21.5 Å². The first kappa shape index (κ1) is 18.5. The monoisotopic (exact) mass is 406 g/mol. The highest BCUT2D eigenvalue weighted by atomic mass is 79.9. The van der Waals surface area contributed by atoms with E-state index >= 15 is 0 Å². The Hall–Kier alpha value is -1.79. The molecule has 0 aliphatic rings. The summed E-state index contributed by atoms with van der Waals surface area (Å²) in [5, 5.41) is 5.40. The van der Waals surface area contributed by atoms with Gasteiger partial charge in [-0.15, -0.1) is 0 Å². The lowest BCUT2D eigenvalue weighted by atomic mass is 10.1. The molecular formula is C18H19BrN2O2S. The standard InChI is InChI=1S/C18H19BrN2O2S/c1-12-9-15(7-8-16(12)19)21-17(22)10-20-18(23)14-5-3-13(4-6-14)11-24-2/h3-9H,10-11H2,1-2H3,(H,20,23)(H,21,22). The maximum atomic E-state index is 12.1. The molecule has 24 heavy (non-hydrogen) atoms. The van der Waals surface area contributed by atoms with Gasteiger partial charge >= 0.3 is 0 Å². The molecule has 0 aliphatic heterocycles. The number of amides is 2. The number of halogens is 1. The third kappa shape index (κ3) is 5.39. The van der Waals surface area contributed by atoms with Crippen molar-refractivity contribution in [3.05, 3.63) is 63.6 Å². The third-order valence-electron chi connectivity index (χ3n) is 3.38. The zero-order valence-electron chi connectivity index (χ0n) is 13.6. The molecule has 0 fully saturated rings. The van der Waals surface area contributed by atoms with Crippen molar-refractivity contribution in [1.29, 1.82) is 0 Å². The van der Waals surface area contributed by atoms with Crippen molar-refractivity contribution in [3.8, 4) is 0 Å². The van der Waals surface area contributed by atoms with Crippen molar-refractivity contribution in [2.45, 2.75) is 12.7 Å². The summed E-state index contributed by atoms with van der Waals surface area (Å²) in [6, 6.07) is 13.0. The van der Waals surface area contributed by atoms with Gasteiger partial charge in [0.15, 0.2) is 0 Å². The van der Waals surface area contributed by atoms with Crippen molar-refractivity contribution in [1.82, 2.24) is 5.32 Å². The number of thioether (sulfide) groups is 1. The lowest BCUT2D eigenvalue weighted by Gasteiger charge is -2.09. The van der Waals surface area contributed by atoms with Gasteiger partial charge in [-0.05, 0) is 54.6 Å². The number of nitrogens with one attached hydrogen (secondary N) is 2. The fourth-order valence-electron chi connectivity index (χ4n) is 2.11. The van der Waals surface area contributed by atoms with Gasteiger partial charge in [-0.2, -0.15) is 11.8 Å². The van der Waals surface area contributed by atoms with Crippen molar-refractivity contribution >= 4 is 45.2 Å². The average molecular weight is 407 g/mol. The molecule has 0 spiro atoms. The van der Waals surface area contributed by atoms with Crippen LogP contribution < -0.4 is 10.6 Å². The third-order valence-corrected chi connectivity index (χ3v) is 4.89. The minimum Gasteiger partial charge on any atom is -0.343 e. The first-order valence-corrected chi connectivity index (χ1v) is 9.60. The Kier molecular flexibility index (Phi) is 6.87. The fraction of sp³-hybridized carbons (Fsp3) is 0.222. The second kappa shape index (κ2) is 8.89. The molecule has 2 aromatic carbocycles. The van der Waals surface area contributed by atoms with Gasteiger partial charge in [-0.1, -0.05) is 28.1 Å². The Balaban J connectivity index is 1.86. The molecule has 6 heteroatoms. The zero-order valence-corrected chi connectivity index (χ0v) is 16.0. The minimum atomic E-state index is -0.260. The summed E-state index contributed by atoms with van der Waals surface area (Å²) in [6.45, 7) is 1.88. The van der Waals surface area contributed by atoms with E-state index in [4.69, 9.17) is 0 Å². The van der Waals surface area contributed by atoms with Gasteiger partial charge in [-0.25, -0.2) is 0 Å². The van der Waals surface area contributed by atoms with Crippen molar-refractivity contribution < 1.29 is 9.59 Å². The van der Waals surface area contributed by atoms with Crippen LogP contribution >= 0.6 is 27.7 Å². The maximum absolute atomic E-state index is 12.1. The summed E-state index contributed by atoms with van der Waals surface area (Å²) < 4.78 is 0.985. The highest BCUT2D eigenvalue weighted by Gasteiger charge is 2.09. The fourth-order valence-corrected chi connectivity index (χ4v) is 2.88. The molecule has 0 aliphatic carbocycles. The van der Waals surface area contributed by atoms with Crippen LogP contribution in [0.5, 0.6) is 0 Å². The Morgan fingerprint density at radius 1 is 1.12 bits per heavy atom. The van der Waals surface area contributed by atoms with E-state index in [0.29, 0.717) is 11.3 Å². The van der Waals surface area contributed by atoms with E-state index in [9.17, 15) is 9.59 Å². The summed E-state index contributed by atoms with van der Waals surface area (Å²) in [5.41, 5.74) is 3.45. The molecule has 2 aromatic rings. The lowest BCUT2D eigenvalue weighted by molar-refractivity contribution is -0.115. The molecular weight excluding hydrogens is 388 g/mol. The Bertz CT molecular complexity index is 732. The normalized spacial score (nSPS) is 10.3. The number of aryl methyl sites for hydroxylation is 1. The summed E-state index contributed by atoms with van der Waals surface area (Å²) in [6.07, 6.45) is 2.03. The molecule has 4 nitrogen and oxygen atoms in total. The number of carbonyl (C=O) groups is 2. The van der Waals surface area contributed by atoms with E-state index < -0.39 is 0 Å². The van der Waals surface area contributed by atoms with E-state index in [1.807, 2.05) is 37.4 Å². The molecule has 0 radical (unpaired) electrons. The molecule has 0 aromatic heterocycles. The van der Waals surface area contributed by atoms with Gasteiger partial charge in [0.2, 0.25) is 5.91 Å². The predicted octanol–water partition coefficient (Wildman–Crippen LogP) is 3.99. The maximum Gasteiger partial charge on any atom is 0.251 e. The smallest absolute Gasteiger partial charge is 0.251 e. The summed E-state index contributed by atoms with van der Waals surface area (Å²) in [7, 11) is 0. The van der Waals surface area contributed by atoms with Gasteiger partial charge in [0.05, 0.1) is 6.54 Å². The van der Waals surface area contributed by atoms with Crippen LogP contribution in [0.3, 0.4) is 0 Å². The molecule has 0 heterocycles. The van der Waals surface area contributed by atoms with E-state index in [1.165, 1.54) is 5.56 Å². The molecule has 0 saturated heterocycles. The van der Waals surface area contributed by atoms with Crippen molar-refractivity contribution in [2.24, 2.45) is 0 Å². The number of rotatable bonds is 6. The van der Waals surface area contributed by atoms with Crippen LogP contribution in [0.25, 0.3) is 0 Å². The molecule has 0 saturated carbocycles. The first-order valence-electron chi connectivity index (χ1n) is 7.41. The molecule has 2 amide bonds. The van der Waals surface area contributed by atoms with Crippen LogP contribution in [0.4, 0.5) is 5.69 Å². The molecule has 0 atom stereocenters. The van der Waals surface area contributed by atoms with Crippen LogP contribution in [0, 0.1) is 6.92 Å². The molecule has 2 rings (SSSR count). The summed E-state index contributed by atoms with van der Waals surface area (Å²) in [4.78, 5) is 24.0. The van der Waals surface area contributed by atoms with E-state index in [0.717, 1.165) is 15.8 Å². The number of hydrogen-bond donors (Lipinski definition) is 2. The average Bonchev–Trinajstić information content (AvgIpc) is 2.57. The topological polar surface area (TPSA) is 58.2 Å².